The molecule has 2 aromatic rings. The third kappa shape index (κ3) is 3.82. The molecule has 0 aliphatic rings. The molecule has 0 saturated heterocycles. The van der Waals surface area contributed by atoms with Crippen LogP contribution in [0.25, 0.3) is 10.2 Å². The number of ether oxygens (including phenoxy) is 2. The Balaban J connectivity index is 2.00. The molecule has 2 amide bonds. The van der Waals surface area contributed by atoms with Crippen LogP contribution in [0.4, 0.5) is 9.93 Å². The van der Waals surface area contributed by atoms with Gasteiger partial charge in [0, 0.05) is 0 Å². The molecule has 2 rings (SSSR count). The van der Waals surface area contributed by atoms with Crippen molar-refractivity contribution in [2.45, 2.75) is 6.92 Å². The molecular formula is C13H15N3O4S. The van der Waals surface area contributed by atoms with Gasteiger partial charge in [0.25, 0.3) is 0 Å². The van der Waals surface area contributed by atoms with Crippen LogP contribution in [0.3, 0.4) is 0 Å². The molecule has 0 saturated carbocycles. The standard InChI is InChI=1S/C13H15N3O4S/c1-3-20-13(18)14-7-10(17)15-12-16-11-8(19-2)5-4-6-9(11)21-12/h4-6H,3,7H2,1-2H3,(H,14,18)(H,15,16,17). The van der Waals surface area contributed by atoms with E-state index in [-0.39, 0.29) is 19.1 Å². The first-order valence-electron chi connectivity index (χ1n) is 6.28. The molecule has 8 heteroatoms. The maximum Gasteiger partial charge on any atom is 0.407 e. The molecule has 0 aliphatic heterocycles. The first-order chi connectivity index (χ1) is 10.1. The van der Waals surface area contributed by atoms with E-state index >= 15 is 0 Å². The smallest absolute Gasteiger partial charge is 0.407 e. The van der Waals surface area contributed by atoms with E-state index in [1.54, 1.807) is 20.1 Å². The molecule has 1 heterocycles. The van der Waals surface area contributed by atoms with Crippen molar-refractivity contribution < 1.29 is 19.1 Å². The van der Waals surface area contributed by atoms with Crippen LogP contribution in [0.5, 0.6) is 5.75 Å². The van der Waals surface area contributed by atoms with Gasteiger partial charge in [-0.2, -0.15) is 0 Å². The van der Waals surface area contributed by atoms with Crippen molar-refractivity contribution in [3.8, 4) is 5.75 Å². The fourth-order valence-corrected chi connectivity index (χ4v) is 2.54. The maximum absolute atomic E-state index is 11.7. The zero-order chi connectivity index (χ0) is 15.2. The van der Waals surface area contributed by atoms with Crippen LogP contribution in [0.1, 0.15) is 6.92 Å². The number of hydrogen-bond donors (Lipinski definition) is 2. The molecule has 112 valence electrons. The van der Waals surface area contributed by atoms with Crippen molar-refractivity contribution >= 4 is 38.7 Å². The van der Waals surface area contributed by atoms with Gasteiger partial charge in [-0.25, -0.2) is 9.78 Å². The number of methoxy groups -OCH3 is 1. The third-order valence-corrected chi connectivity index (χ3v) is 3.45. The molecule has 0 spiro atoms. The molecule has 0 atom stereocenters. The number of fused-ring (bicyclic) bond motifs is 1. The summed E-state index contributed by atoms with van der Waals surface area (Å²) in [7, 11) is 1.57. The van der Waals surface area contributed by atoms with E-state index < -0.39 is 6.09 Å². The van der Waals surface area contributed by atoms with Gasteiger partial charge in [-0.05, 0) is 19.1 Å². The van der Waals surface area contributed by atoms with E-state index in [9.17, 15) is 9.59 Å². The normalized spacial score (nSPS) is 10.2. The van der Waals surface area contributed by atoms with E-state index in [0.717, 1.165) is 4.70 Å². The van der Waals surface area contributed by atoms with Crippen LogP contribution in [-0.4, -0.2) is 37.2 Å². The van der Waals surface area contributed by atoms with Gasteiger partial charge in [0.1, 0.15) is 17.8 Å². The first kappa shape index (κ1) is 15.0. The number of alkyl carbamates (subject to hydrolysis) is 1. The van der Waals surface area contributed by atoms with E-state index in [2.05, 4.69) is 20.4 Å². The topological polar surface area (TPSA) is 89.5 Å². The Kier molecular flexibility index (Phi) is 4.94. The second-order valence-electron chi connectivity index (χ2n) is 3.95. The van der Waals surface area contributed by atoms with Crippen molar-refractivity contribution in [1.82, 2.24) is 10.3 Å². The fraction of sp³-hybridized carbons (Fsp3) is 0.308. The monoisotopic (exact) mass is 309 g/mol. The number of carbonyl (C=O) groups excluding carboxylic acids is 2. The molecule has 0 unspecified atom stereocenters. The minimum Gasteiger partial charge on any atom is -0.494 e. The third-order valence-electron chi connectivity index (χ3n) is 2.52. The lowest BCUT2D eigenvalue weighted by Gasteiger charge is -2.04. The predicted molar refractivity (Wildman–Crippen MR) is 79.8 cm³/mol. The number of hydrogen-bond acceptors (Lipinski definition) is 6. The Morgan fingerprint density at radius 2 is 2.19 bits per heavy atom. The van der Waals surface area contributed by atoms with Gasteiger partial charge in [0.05, 0.1) is 18.4 Å². The number of anilines is 1. The van der Waals surface area contributed by atoms with Gasteiger partial charge in [-0.3, -0.25) is 4.79 Å². The number of carbonyl (C=O) groups is 2. The molecule has 0 radical (unpaired) electrons. The van der Waals surface area contributed by atoms with Crippen LogP contribution in [-0.2, 0) is 9.53 Å². The summed E-state index contributed by atoms with van der Waals surface area (Å²) >= 11 is 1.33. The first-order valence-corrected chi connectivity index (χ1v) is 7.09. The number of nitrogens with one attached hydrogen (secondary N) is 2. The Bertz CT molecular complexity index is 656. The average Bonchev–Trinajstić information content (AvgIpc) is 2.87. The van der Waals surface area contributed by atoms with Gasteiger partial charge < -0.3 is 20.1 Å². The number of thiazole rings is 1. The number of amides is 2. The molecule has 0 bridgehead atoms. The second-order valence-corrected chi connectivity index (χ2v) is 4.98. The van der Waals surface area contributed by atoms with E-state index in [4.69, 9.17) is 4.74 Å². The Labute approximate surface area is 125 Å². The summed E-state index contributed by atoms with van der Waals surface area (Å²) in [5.41, 5.74) is 0.693. The lowest BCUT2D eigenvalue weighted by molar-refractivity contribution is -0.115. The highest BCUT2D eigenvalue weighted by Gasteiger charge is 2.11. The number of aromatic nitrogens is 1. The van der Waals surface area contributed by atoms with Crippen molar-refractivity contribution in [3.05, 3.63) is 18.2 Å². The Hall–Kier alpha value is -2.35. The van der Waals surface area contributed by atoms with Crippen molar-refractivity contribution in [3.63, 3.8) is 0 Å². The predicted octanol–water partition coefficient (Wildman–Crippen LogP) is 1.99. The molecule has 1 aromatic heterocycles. The fourth-order valence-electron chi connectivity index (χ4n) is 1.64. The van der Waals surface area contributed by atoms with Crippen molar-refractivity contribution in [2.24, 2.45) is 0 Å². The Morgan fingerprint density at radius 1 is 1.38 bits per heavy atom. The van der Waals surface area contributed by atoms with Gasteiger partial charge in [0.2, 0.25) is 5.91 Å². The van der Waals surface area contributed by atoms with Gasteiger partial charge in [0.15, 0.2) is 5.13 Å². The largest absolute Gasteiger partial charge is 0.494 e. The zero-order valence-electron chi connectivity index (χ0n) is 11.6. The SMILES string of the molecule is CCOC(=O)NCC(=O)Nc1nc2c(OC)cccc2s1. The summed E-state index contributed by atoms with van der Waals surface area (Å²) in [6.45, 7) is 1.77. The lowest BCUT2D eigenvalue weighted by atomic mass is 10.3. The molecular weight excluding hydrogens is 294 g/mol. The van der Waals surface area contributed by atoms with Crippen molar-refractivity contribution in [2.75, 3.05) is 25.6 Å². The highest BCUT2D eigenvalue weighted by Crippen LogP contribution is 2.31. The van der Waals surface area contributed by atoms with E-state index in [0.29, 0.717) is 16.4 Å². The molecule has 7 nitrogen and oxygen atoms in total. The number of rotatable bonds is 5. The van der Waals surface area contributed by atoms with E-state index in [1.165, 1.54) is 11.3 Å². The van der Waals surface area contributed by atoms with Gasteiger partial charge in [-0.1, -0.05) is 17.4 Å². The number of nitrogens with zero attached hydrogens (tertiary/aromatic N) is 1. The zero-order valence-corrected chi connectivity index (χ0v) is 12.5. The van der Waals surface area contributed by atoms with Gasteiger partial charge >= 0.3 is 6.09 Å². The molecule has 1 aromatic carbocycles. The van der Waals surface area contributed by atoms with Gasteiger partial charge in [-0.15, -0.1) is 0 Å². The van der Waals surface area contributed by atoms with Crippen LogP contribution >= 0.6 is 11.3 Å². The maximum atomic E-state index is 11.7. The van der Waals surface area contributed by atoms with Crippen LogP contribution in [0.15, 0.2) is 18.2 Å². The lowest BCUT2D eigenvalue weighted by Crippen LogP contribution is -2.33. The summed E-state index contributed by atoms with van der Waals surface area (Å²) < 4.78 is 10.8. The summed E-state index contributed by atoms with van der Waals surface area (Å²) in [5, 5.41) is 5.41. The molecule has 0 aliphatic carbocycles. The highest BCUT2D eigenvalue weighted by molar-refractivity contribution is 7.22. The number of para-hydroxylation sites is 1. The number of benzene rings is 1. The molecule has 2 N–H and O–H groups in total. The summed E-state index contributed by atoms with van der Waals surface area (Å²) in [6, 6.07) is 5.55. The Morgan fingerprint density at radius 3 is 2.90 bits per heavy atom. The minimum atomic E-state index is -0.626. The summed E-state index contributed by atoms with van der Waals surface area (Å²) in [5.74, 6) is 0.273. The van der Waals surface area contributed by atoms with Crippen LogP contribution < -0.4 is 15.4 Å². The highest BCUT2D eigenvalue weighted by atomic mass is 32.1. The van der Waals surface area contributed by atoms with E-state index in [1.807, 2.05) is 12.1 Å². The van der Waals surface area contributed by atoms with Crippen LogP contribution in [0.2, 0.25) is 0 Å². The average molecular weight is 309 g/mol. The van der Waals surface area contributed by atoms with Crippen molar-refractivity contribution in [1.29, 1.82) is 0 Å². The molecule has 21 heavy (non-hydrogen) atoms. The molecule has 0 fully saturated rings. The minimum absolute atomic E-state index is 0.175. The second kappa shape index (κ2) is 6.89. The quantitative estimate of drug-likeness (QED) is 0.881. The summed E-state index contributed by atoms with van der Waals surface area (Å²) in [6.07, 6.45) is -0.626. The summed E-state index contributed by atoms with van der Waals surface area (Å²) in [4.78, 5) is 27.1. The van der Waals surface area contributed by atoms with Crippen LogP contribution in [0, 0.1) is 0 Å².